The third kappa shape index (κ3) is 21.1. The number of hydrogen-bond acceptors (Lipinski definition) is 4. The van der Waals surface area contributed by atoms with Crippen molar-refractivity contribution >= 4 is 10.4 Å². The van der Waals surface area contributed by atoms with E-state index in [9.17, 15) is 13.0 Å². The summed E-state index contributed by atoms with van der Waals surface area (Å²) >= 11 is 0. The van der Waals surface area contributed by atoms with E-state index in [0.717, 1.165) is 18.8 Å². The summed E-state index contributed by atoms with van der Waals surface area (Å²) in [6.07, 6.45) is 17.9. The molecule has 0 bridgehead atoms. The molecule has 1 atom stereocenters. The molecule has 1 rings (SSSR count). The van der Waals surface area contributed by atoms with Crippen LogP contribution in [0.25, 0.3) is 0 Å². The molecule has 0 aromatic carbocycles. The Morgan fingerprint density at radius 2 is 1.61 bits per heavy atom. The Balaban J connectivity index is 0. The molecule has 0 spiro atoms. The molecule has 28 heavy (non-hydrogen) atoms. The monoisotopic (exact) mass is 424 g/mol. The minimum atomic E-state index is -4.48. The molecule has 6 heteroatoms. The molecule has 0 aliphatic heterocycles. The quantitative estimate of drug-likeness (QED) is 0.149. The largest absolute Gasteiger partial charge is 1.00 e. The summed E-state index contributed by atoms with van der Waals surface area (Å²) in [5, 5.41) is 0. The van der Waals surface area contributed by atoms with Gasteiger partial charge in [0.05, 0.1) is 6.61 Å². The maximum Gasteiger partial charge on any atom is 1.00 e. The molecule has 0 N–H and O–H groups in total. The van der Waals surface area contributed by atoms with Crippen molar-refractivity contribution in [2.45, 2.75) is 104 Å². The first-order valence-electron chi connectivity index (χ1n) is 10.7. The second-order valence-electron chi connectivity index (χ2n) is 7.78. The molecule has 0 fully saturated rings. The third-order valence-corrected chi connectivity index (χ3v) is 5.52. The van der Waals surface area contributed by atoms with Gasteiger partial charge in [0.1, 0.15) is 0 Å². The first-order chi connectivity index (χ1) is 12.8. The third-order valence-electron chi connectivity index (χ3n) is 5.06. The molecule has 0 aromatic heterocycles. The van der Waals surface area contributed by atoms with Gasteiger partial charge in [-0.25, -0.2) is 8.42 Å². The molecule has 1 aliphatic carbocycles. The smallest absolute Gasteiger partial charge is 0.726 e. The Labute approximate surface area is 196 Å². The molecule has 0 aromatic rings. The maximum atomic E-state index is 10.1. The Bertz CT molecular complexity index is 515. The Morgan fingerprint density at radius 1 is 1.11 bits per heavy atom. The van der Waals surface area contributed by atoms with Crippen molar-refractivity contribution in [3.05, 3.63) is 23.8 Å². The van der Waals surface area contributed by atoms with Gasteiger partial charge in [0, 0.05) is 0 Å². The Kier molecular flexibility index (Phi) is 21.1. The summed E-state index contributed by atoms with van der Waals surface area (Å²) < 4.78 is 34.5. The van der Waals surface area contributed by atoms with E-state index in [1.807, 2.05) is 0 Å². The number of hydrogen-bond donors (Lipinski definition) is 0. The molecule has 0 amide bonds. The number of allylic oxidation sites excluding steroid dienone is 3. The second-order valence-corrected chi connectivity index (χ2v) is 8.83. The van der Waals surface area contributed by atoms with E-state index in [0.29, 0.717) is 6.42 Å². The zero-order chi connectivity index (χ0) is 20.5. The van der Waals surface area contributed by atoms with Gasteiger partial charge in [0.15, 0.2) is 0 Å². The van der Waals surface area contributed by atoms with Crippen LogP contribution in [-0.4, -0.2) is 19.6 Å². The number of unbranched alkanes of at least 4 members (excludes halogenated alkanes) is 9. The van der Waals surface area contributed by atoms with E-state index in [1.54, 1.807) is 5.57 Å². The first kappa shape index (κ1) is 30.5. The zero-order valence-corrected chi connectivity index (χ0v) is 21.6. The van der Waals surface area contributed by atoms with E-state index in [-0.39, 0.29) is 36.2 Å². The molecule has 0 saturated heterocycles. The van der Waals surface area contributed by atoms with E-state index < -0.39 is 10.4 Å². The van der Waals surface area contributed by atoms with Crippen molar-refractivity contribution in [1.82, 2.24) is 0 Å². The minimum Gasteiger partial charge on any atom is -0.726 e. The van der Waals surface area contributed by atoms with Crippen LogP contribution in [0, 0.1) is 5.92 Å². The van der Waals surface area contributed by atoms with Crippen molar-refractivity contribution in [1.29, 1.82) is 0 Å². The van der Waals surface area contributed by atoms with Crippen LogP contribution in [0.15, 0.2) is 23.8 Å². The minimum absolute atomic E-state index is 0. The van der Waals surface area contributed by atoms with Gasteiger partial charge in [-0.2, -0.15) is 0 Å². The van der Waals surface area contributed by atoms with Gasteiger partial charge >= 0.3 is 29.6 Å². The van der Waals surface area contributed by atoms with Gasteiger partial charge in [-0.15, -0.1) is 0 Å². The molecule has 0 saturated carbocycles. The van der Waals surface area contributed by atoms with E-state index in [2.05, 4.69) is 37.6 Å². The van der Waals surface area contributed by atoms with Crippen molar-refractivity contribution in [3.8, 4) is 0 Å². The molecule has 4 nitrogen and oxygen atoms in total. The van der Waals surface area contributed by atoms with Gasteiger partial charge < -0.3 is 4.55 Å². The van der Waals surface area contributed by atoms with Crippen molar-refractivity contribution in [2.75, 3.05) is 6.61 Å². The van der Waals surface area contributed by atoms with Crippen LogP contribution < -0.4 is 29.6 Å². The van der Waals surface area contributed by atoms with Crippen LogP contribution in [-0.2, 0) is 14.6 Å². The van der Waals surface area contributed by atoms with Gasteiger partial charge in [0.2, 0.25) is 10.4 Å². The van der Waals surface area contributed by atoms with E-state index in [4.69, 9.17) is 0 Å². The van der Waals surface area contributed by atoms with Gasteiger partial charge in [-0.3, -0.25) is 4.18 Å². The summed E-state index contributed by atoms with van der Waals surface area (Å²) in [6.45, 7) is 10.6. The van der Waals surface area contributed by atoms with Crippen molar-refractivity contribution < 1.29 is 46.7 Å². The number of rotatable bonds is 13. The van der Waals surface area contributed by atoms with Crippen LogP contribution in [0.3, 0.4) is 0 Å². The fourth-order valence-corrected chi connectivity index (χ4v) is 3.49. The summed E-state index contributed by atoms with van der Waals surface area (Å²) in [5.41, 5.74) is 2.90. The van der Waals surface area contributed by atoms with E-state index in [1.165, 1.54) is 69.8 Å². The Hall–Kier alpha value is 0.350. The summed E-state index contributed by atoms with van der Waals surface area (Å²) in [5.74, 6) is 0.767. The SMILES string of the molecule is C=C(C)[C@H]1CC=C(C)CC1.CCCCCCCCCCCCOS(=O)(=O)[O-].[Na+]. The fraction of sp³-hybridized carbons (Fsp3) is 0.818. The molecular formula is C22H41NaO4S. The van der Waals surface area contributed by atoms with Crippen molar-refractivity contribution in [3.63, 3.8) is 0 Å². The standard InChI is InChI=1S/C12H26O4S.C10H16.Na/c1-2-3-4-5-6-7-8-9-10-11-12-16-17(13,14)15;1-8(2)10-6-4-9(3)5-7-10;/h2-12H2,1H3,(H,13,14,15);4,10H,1,5-7H2,2-3H3;/q;;+1/p-1/t;10-;/m.0./s1. The normalized spacial score (nSPS) is 16.4. The van der Waals surface area contributed by atoms with Crippen LogP contribution in [0.1, 0.15) is 104 Å². The summed E-state index contributed by atoms with van der Waals surface area (Å²) in [7, 11) is -4.48. The fourth-order valence-electron chi connectivity index (χ4n) is 3.16. The molecule has 160 valence electrons. The van der Waals surface area contributed by atoms with Gasteiger partial charge in [-0.05, 0) is 45.4 Å². The maximum absolute atomic E-state index is 10.1. The predicted octanol–water partition coefficient (Wildman–Crippen LogP) is 3.70. The van der Waals surface area contributed by atoms with Crippen LogP contribution >= 0.6 is 0 Å². The van der Waals surface area contributed by atoms with Crippen LogP contribution in [0.4, 0.5) is 0 Å². The van der Waals surface area contributed by atoms with Gasteiger partial charge in [-0.1, -0.05) is 88.5 Å². The van der Waals surface area contributed by atoms with E-state index >= 15 is 0 Å². The first-order valence-corrected chi connectivity index (χ1v) is 12.0. The molecule has 1 aliphatic rings. The van der Waals surface area contributed by atoms with Crippen LogP contribution in [0.5, 0.6) is 0 Å². The Morgan fingerprint density at radius 3 is 2.00 bits per heavy atom. The van der Waals surface area contributed by atoms with Crippen LogP contribution in [0.2, 0.25) is 0 Å². The molecule has 0 radical (unpaired) electrons. The molecule has 0 unspecified atom stereocenters. The summed E-state index contributed by atoms with van der Waals surface area (Å²) in [6, 6.07) is 0. The average molecular weight is 425 g/mol. The van der Waals surface area contributed by atoms with Crippen molar-refractivity contribution in [2.24, 2.45) is 5.92 Å². The zero-order valence-electron chi connectivity index (χ0n) is 18.8. The topological polar surface area (TPSA) is 66.4 Å². The molecular weight excluding hydrogens is 383 g/mol. The average Bonchev–Trinajstić information content (AvgIpc) is 2.60. The second kappa shape index (κ2) is 19.3. The van der Waals surface area contributed by atoms with Gasteiger partial charge in [0.25, 0.3) is 0 Å². The predicted molar refractivity (Wildman–Crippen MR) is 113 cm³/mol. The summed E-state index contributed by atoms with van der Waals surface area (Å²) in [4.78, 5) is 0. The molecule has 0 heterocycles.